The van der Waals surface area contributed by atoms with Crippen LogP contribution in [0.4, 0.5) is 10.5 Å². The van der Waals surface area contributed by atoms with Crippen LogP contribution in [0.15, 0.2) is 29.4 Å². The summed E-state index contributed by atoms with van der Waals surface area (Å²) < 4.78 is 5.33. The molecule has 1 aliphatic rings. The second-order valence-corrected chi connectivity index (χ2v) is 6.47. The Labute approximate surface area is 140 Å². The fourth-order valence-electron chi connectivity index (χ4n) is 2.11. The number of likely N-dealkylation sites (tertiary alicyclic amines) is 1. The summed E-state index contributed by atoms with van der Waals surface area (Å²) in [6.45, 7) is 6.55. The van der Waals surface area contributed by atoms with Crippen molar-refractivity contribution in [1.29, 1.82) is 0 Å². The summed E-state index contributed by atoms with van der Waals surface area (Å²) in [6.07, 6.45) is 0.885. The second kappa shape index (κ2) is 7.29. The van der Waals surface area contributed by atoms with Crippen molar-refractivity contribution < 1.29 is 19.3 Å². The number of nitrogens with zero attached hydrogens (tertiary/aromatic N) is 3. The summed E-state index contributed by atoms with van der Waals surface area (Å²) in [5.41, 5.74) is 0.332. The quantitative estimate of drug-likeness (QED) is 0.623. The minimum absolute atomic E-state index is 0.000622. The van der Waals surface area contributed by atoms with Crippen LogP contribution in [-0.2, 0) is 4.74 Å². The highest BCUT2D eigenvalue weighted by Crippen LogP contribution is 2.18. The zero-order valence-electron chi connectivity index (χ0n) is 14.0. The van der Waals surface area contributed by atoms with E-state index in [0.29, 0.717) is 31.7 Å². The maximum Gasteiger partial charge on any atom is 0.410 e. The van der Waals surface area contributed by atoms with E-state index < -0.39 is 10.5 Å². The third-order valence-corrected chi connectivity index (χ3v) is 3.32. The Morgan fingerprint density at radius 3 is 2.29 bits per heavy atom. The summed E-state index contributed by atoms with van der Waals surface area (Å²) in [7, 11) is 0. The molecule has 1 amide bonds. The molecule has 0 atom stereocenters. The molecule has 1 aromatic rings. The van der Waals surface area contributed by atoms with Gasteiger partial charge in [0.1, 0.15) is 5.60 Å². The average molecular weight is 335 g/mol. The molecule has 0 aliphatic carbocycles. The first-order valence-electron chi connectivity index (χ1n) is 7.70. The van der Waals surface area contributed by atoms with Crippen LogP contribution in [0.1, 0.15) is 33.6 Å². The summed E-state index contributed by atoms with van der Waals surface area (Å²) in [5, 5.41) is 14.6. The van der Waals surface area contributed by atoms with Gasteiger partial charge in [-0.1, -0.05) is 5.16 Å². The van der Waals surface area contributed by atoms with Gasteiger partial charge in [0.2, 0.25) is 0 Å². The molecule has 0 unspecified atom stereocenters. The molecule has 0 aromatic heterocycles. The summed E-state index contributed by atoms with van der Waals surface area (Å²) in [4.78, 5) is 29.0. The highest BCUT2D eigenvalue weighted by molar-refractivity contribution is 5.86. The molecule has 1 aromatic carbocycles. The lowest BCUT2D eigenvalue weighted by Gasteiger charge is -2.30. The van der Waals surface area contributed by atoms with Crippen molar-refractivity contribution in [2.24, 2.45) is 5.16 Å². The minimum atomic E-state index is -0.509. The van der Waals surface area contributed by atoms with Gasteiger partial charge < -0.3 is 14.5 Å². The molecular formula is C16H21N3O5. The normalized spacial score (nSPS) is 15.0. The largest absolute Gasteiger partial charge is 0.444 e. The summed E-state index contributed by atoms with van der Waals surface area (Å²) in [5.74, 6) is 0.433. The number of hydrogen-bond acceptors (Lipinski definition) is 6. The van der Waals surface area contributed by atoms with E-state index in [9.17, 15) is 14.9 Å². The zero-order chi connectivity index (χ0) is 17.7. The minimum Gasteiger partial charge on any atom is -0.444 e. The van der Waals surface area contributed by atoms with Gasteiger partial charge in [-0.05, 0) is 32.9 Å². The van der Waals surface area contributed by atoms with Gasteiger partial charge in [0.05, 0.1) is 10.6 Å². The van der Waals surface area contributed by atoms with Crippen molar-refractivity contribution in [1.82, 2.24) is 4.90 Å². The molecule has 0 N–H and O–H groups in total. The number of ether oxygens (including phenoxy) is 1. The molecule has 8 heteroatoms. The van der Waals surface area contributed by atoms with E-state index in [2.05, 4.69) is 5.16 Å². The maximum atomic E-state index is 12.0. The Morgan fingerprint density at radius 2 is 1.79 bits per heavy atom. The van der Waals surface area contributed by atoms with Crippen molar-refractivity contribution in [2.75, 3.05) is 13.1 Å². The Bertz CT molecular complexity index is 624. The Kier molecular flexibility index (Phi) is 5.38. The number of benzene rings is 1. The van der Waals surface area contributed by atoms with Gasteiger partial charge in [-0.3, -0.25) is 10.1 Å². The van der Waals surface area contributed by atoms with Gasteiger partial charge in [0.25, 0.3) is 5.69 Å². The van der Waals surface area contributed by atoms with Gasteiger partial charge >= 0.3 is 6.09 Å². The van der Waals surface area contributed by atoms with Gasteiger partial charge in [0, 0.05) is 38.1 Å². The number of non-ortho nitro benzene ring substituents is 1. The van der Waals surface area contributed by atoms with Crippen LogP contribution >= 0.6 is 0 Å². The lowest BCUT2D eigenvalue weighted by atomic mass is 10.1. The van der Waals surface area contributed by atoms with Crippen LogP contribution in [0.2, 0.25) is 0 Å². The number of rotatable bonds is 3. The molecule has 0 radical (unpaired) electrons. The molecular weight excluding hydrogens is 314 g/mol. The van der Waals surface area contributed by atoms with Crippen LogP contribution in [0, 0.1) is 10.1 Å². The molecule has 1 saturated heterocycles. The molecule has 24 heavy (non-hydrogen) atoms. The third kappa shape index (κ3) is 5.22. The molecule has 130 valence electrons. The van der Waals surface area contributed by atoms with E-state index in [-0.39, 0.29) is 11.8 Å². The molecule has 0 bridgehead atoms. The Morgan fingerprint density at radius 1 is 1.21 bits per heavy atom. The Hall–Kier alpha value is -2.64. The second-order valence-electron chi connectivity index (χ2n) is 6.47. The fourth-order valence-corrected chi connectivity index (χ4v) is 2.11. The molecule has 0 spiro atoms. The van der Waals surface area contributed by atoms with Gasteiger partial charge in [-0.15, -0.1) is 0 Å². The van der Waals surface area contributed by atoms with Crippen LogP contribution in [-0.4, -0.2) is 40.3 Å². The summed E-state index contributed by atoms with van der Waals surface area (Å²) in [6, 6.07) is 5.72. The SMILES string of the molecule is CC(C)(C)OC(=O)N1CCC(=NOc2ccc([N+](=O)[O-])cc2)CC1. The number of nitro groups is 1. The van der Waals surface area contributed by atoms with Crippen LogP contribution in [0.3, 0.4) is 0 Å². The molecule has 1 aliphatic heterocycles. The number of oxime groups is 1. The number of nitro benzene ring substituents is 1. The van der Waals surface area contributed by atoms with E-state index in [1.807, 2.05) is 20.8 Å². The predicted octanol–water partition coefficient (Wildman–Crippen LogP) is 3.36. The van der Waals surface area contributed by atoms with E-state index in [1.54, 1.807) is 4.90 Å². The lowest BCUT2D eigenvalue weighted by Crippen LogP contribution is -2.42. The van der Waals surface area contributed by atoms with Crippen molar-refractivity contribution in [3.63, 3.8) is 0 Å². The third-order valence-electron chi connectivity index (χ3n) is 3.32. The van der Waals surface area contributed by atoms with Crippen molar-refractivity contribution in [2.45, 2.75) is 39.2 Å². The van der Waals surface area contributed by atoms with E-state index in [1.165, 1.54) is 24.3 Å². The first-order chi connectivity index (χ1) is 11.2. The van der Waals surface area contributed by atoms with Crippen molar-refractivity contribution >= 4 is 17.5 Å². The standard InChI is InChI=1S/C16H21N3O5/c1-16(2,3)23-15(20)18-10-8-12(9-11-18)17-24-14-6-4-13(5-7-14)19(21)22/h4-7H,8-11H2,1-3H3. The smallest absolute Gasteiger partial charge is 0.410 e. The van der Waals surface area contributed by atoms with E-state index >= 15 is 0 Å². The molecule has 2 rings (SSSR count). The lowest BCUT2D eigenvalue weighted by molar-refractivity contribution is -0.384. The van der Waals surface area contributed by atoms with Crippen molar-refractivity contribution in [3.8, 4) is 5.75 Å². The van der Waals surface area contributed by atoms with Gasteiger partial charge in [-0.25, -0.2) is 4.79 Å². The topological polar surface area (TPSA) is 94.3 Å². The average Bonchev–Trinajstić information content (AvgIpc) is 2.52. The van der Waals surface area contributed by atoms with Crippen molar-refractivity contribution in [3.05, 3.63) is 34.4 Å². The zero-order valence-corrected chi connectivity index (χ0v) is 14.0. The number of carbonyl (C=O) groups excluding carboxylic acids is 1. The number of amides is 1. The highest BCUT2D eigenvalue weighted by atomic mass is 16.6. The number of carbonyl (C=O) groups is 1. The molecule has 0 saturated carbocycles. The molecule has 8 nitrogen and oxygen atoms in total. The first-order valence-corrected chi connectivity index (χ1v) is 7.70. The molecule has 1 fully saturated rings. The number of hydrogen-bond donors (Lipinski definition) is 0. The Balaban J connectivity index is 1.84. The van der Waals surface area contributed by atoms with Crippen LogP contribution in [0.25, 0.3) is 0 Å². The van der Waals surface area contributed by atoms with Crippen LogP contribution < -0.4 is 4.84 Å². The van der Waals surface area contributed by atoms with Gasteiger partial charge in [0.15, 0.2) is 5.75 Å². The predicted molar refractivity (Wildman–Crippen MR) is 88.2 cm³/mol. The monoisotopic (exact) mass is 335 g/mol. The first kappa shape index (κ1) is 17.7. The van der Waals surface area contributed by atoms with Gasteiger partial charge in [-0.2, -0.15) is 0 Å². The fraction of sp³-hybridized carbons (Fsp3) is 0.500. The highest BCUT2D eigenvalue weighted by Gasteiger charge is 2.25. The number of piperidine rings is 1. The molecule has 1 heterocycles. The van der Waals surface area contributed by atoms with E-state index in [4.69, 9.17) is 9.57 Å². The van der Waals surface area contributed by atoms with Crippen LogP contribution in [0.5, 0.6) is 5.75 Å². The van der Waals surface area contributed by atoms with E-state index in [0.717, 1.165) is 5.71 Å². The maximum absolute atomic E-state index is 12.0. The summed E-state index contributed by atoms with van der Waals surface area (Å²) >= 11 is 0.